The molecule has 0 aliphatic carbocycles. The minimum absolute atomic E-state index is 0.0530. The molecule has 11 heteroatoms. The molecule has 0 radical (unpaired) electrons. The van der Waals surface area contributed by atoms with Crippen LogP contribution in [0, 0.1) is 5.92 Å². The molecule has 0 aromatic heterocycles. The molecule has 3 saturated heterocycles. The fourth-order valence-electron chi connectivity index (χ4n) is 4.38. The summed E-state index contributed by atoms with van der Waals surface area (Å²) in [5.41, 5.74) is 0. The summed E-state index contributed by atoms with van der Waals surface area (Å²) in [6.45, 7) is 0.855. The van der Waals surface area contributed by atoms with Gasteiger partial charge in [0.05, 0.1) is 24.8 Å². The maximum Gasteiger partial charge on any atom is 0.315 e. The van der Waals surface area contributed by atoms with Crippen LogP contribution in [0.2, 0.25) is 0 Å². The van der Waals surface area contributed by atoms with Crippen LogP contribution >= 0.6 is 11.8 Å². The van der Waals surface area contributed by atoms with Crippen molar-refractivity contribution >= 4 is 29.5 Å². The van der Waals surface area contributed by atoms with Gasteiger partial charge in [0, 0.05) is 29.8 Å². The molecule has 0 aromatic rings. The maximum atomic E-state index is 12.4. The van der Waals surface area contributed by atoms with Crippen LogP contribution in [0.15, 0.2) is 0 Å². The highest BCUT2D eigenvalue weighted by atomic mass is 32.2. The number of fused-ring (bicyclic) bond motifs is 1. The highest BCUT2D eigenvalue weighted by molar-refractivity contribution is 8.00. The Morgan fingerprint density at radius 3 is 2.70 bits per heavy atom. The third kappa shape index (κ3) is 5.44. The molecule has 3 fully saturated rings. The summed E-state index contributed by atoms with van der Waals surface area (Å²) < 4.78 is 5.55. The van der Waals surface area contributed by atoms with Crippen LogP contribution in [0.5, 0.6) is 0 Å². The number of aliphatic hydroxyl groups is 3. The Kier molecular flexibility index (Phi) is 7.97. The molecular weight excluding hydrogens is 414 g/mol. The van der Waals surface area contributed by atoms with E-state index in [1.54, 1.807) is 0 Å². The largest absolute Gasteiger partial charge is 0.394 e. The summed E-state index contributed by atoms with van der Waals surface area (Å²) in [4.78, 5) is 35.4. The number of hydrogen-bond acceptors (Lipinski definition) is 8. The summed E-state index contributed by atoms with van der Waals surface area (Å²) >= 11 is 1.83. The smallest absolute Gasteiger partial charge is 0.315 e. The molecule has 3 rings (SSSR count). The summed E-state index contributed by atoms with van der Waals surface area (Å²) in [6.07, 6.45) is -2.02. The number of carbonyl (C=O) groups is 3. The van der Waals surface area contributed by atoms with Gasteiger partial charge < -0.3 is 40.8 Å². The third-order valence-electron chi connectivity index (χ3n) is 5.97. The van der Waals surface area contributed by atoms with Crippen LogP contribution in [-0.2, 0) is 14.3 Å². The first-order valence-corrected chi connectivity index (χ1v) is 11.4. The van der Waals surface area contributed by atoms with E-state index in [1.807, 2.05) is 11.8 Å². The van der Waals surface area contributed by atoms with Crippen LogP contribution in [0.25, 0.3) is 0 Å². The second kappa shape index (κ2) is 10.3. The fourth-order valence-corrected chi connectivity index (χ4v) is 5.92. The van der Waals surface area contributed by atoms with E-state index in [0.29, 0.717) is 11.7 Å². The molecule has 0 saturated carbocycles. The van der Waals surface area contributed by atoms with Crippen molar-refractivity contribution in [2.45, 2.75) is 80.9 Å². The van der Waals surface area contributed by atoms with Gasteiger partial charge in [0.25, 0.3) is 0 Å². The van der Waals surface area contributed by atoms with Crippen molar-refractivity contribution in [3.63, 3.8) is 0 Å². The lowest BCUT2D eigenvalue weighted by Gasteiger charge is -2.42. The number of aliphatic hydroxyl groups excluding tert-OH is 3. The Morgan fingerprint density at radius 2 is 2.00 bits per heavy atom. The number of Topliss-reactive ketones (excluding diaryl/α,β-unsaturated/α-hetero) is 1. The van der Waals surface area contributed by atoms with E-state index in [-0.39, 0.29) is 42.6 Å². The van der Waals surface area contributed by atoms with Gasteiger partial charge in [-0.25, -0.2) is 4.79 Å². The Labute approximate surface area is 179 Å². The molecule has 0 bridgehead atoms. The normalized spacial score (nSPS) is 37.9. The molecule has 0 spiro atoms. The lowest BCUT2D eigenvalue weighted by molar-refractivity contribution is -0.217. The fraction of sp³-hybridized carbons (Fsp3) is 0.842. The highest BCUT2D eigenvalue weighted by Gasteiger charge is 2.45. The van der Waals surface area contributed by atoms with E-state index in [0.717, 1.165) is 18.6 Å². The van der Waals surface area contributed by atoms with Crippen molar-refractivity contribution in [3.05, 3.63) is 0 Å². The first kappa shape index (κ1) is 23.3. The minimum atomic E-state index is -1.33. The molecule has 3 aliphatic heterocycles. The third-order valence-corrected chi connectivity index (χ3v) is 7.48. The van der Waals surface area contributed by atoms with Crippen molar-refractivity contribution in [2.24, 2.45) is 5.92 Å². The van der Waals surface area contributed by atoms with Crippen molar-refractivity contribution in [1.82, 2.24) is 16.0 Å². The number of thioether (sulfide) groups is 1. The van der Waals surface area contributed by atoms with Crippen LogP contribution in [0.3, 0.4) is 0 Å². The van der Waals surface area contributed by atoms with Gasteiger partial charge in [-0.05, 0) is 19.8 Å². The van der Waals surface area contributed by atoms with E-state index in [4.69, 9.17) is 4.74 Å². The molecular formula is C19H31N3O7S. The van der Waals surface area contributed by atoms with Gasteiger partial charge >= 0.3 is 6.03 Å². The minimum Gasteiger partial charge on any atom is -0.394 e. The zero-order valence-electron chi connectivity index (χ0n) is 17.0. The average molecular weight is 446 g/mol. The number of nitrogens with one attached hydrogen (secondary N) is 3. The molecule has 30 heavy (non-hydrogen) atoms. The van der Waals surface area contributed by atoms with E-state index < -0.39 is 37.1 Å². The molecule has 1 unspecified atom stereocenters. The van der Waals surface area contributed by atoms with E-state index >= 15 is 0 Å². The second-order valence-corrected chi connectivity index (χ2v) is 9.54. The topological polar surface area (TPSA) is 157 Å². The van der Waals surface area contributed by atoms with Gasteiger partial charge in [0.1, 0.15) is 24.2 Å². The predicted molar refractivity (Wildman–Crippen MR) is 109 cm³/mol. The Hall–Kier alpha value is -1.40. The highest BCUT2D eigenvalue weighted by Crippen LogP contribution is 2.33. The average Bonchev–Trinajstić information content (AvgIpc) is 3.23. The molecule has 6 N–H and O–H groups in total. The first-order chi connectivity index (χ1) is 14.3. The van der Waals surface area contributed by atoms with Gasteiger partial charge in [-0.15, -0.1) is 0 Å². The van der Waals surface area contributed by atoms with Crippen molar-refractivity contribution in [1.29, 1.82) is 0 Å². The monoisotopic (exact) mass is 445 g/mol. The number of urea groups is 1. The van der Waals surface area contributed by atoms with Crippen molar-refractivity contribution in [3.8, 4) is 0 Å². The molecule has 3 heterocycles. The number of unbranched alkanes of at least 4 members (excludes halogenated alkanes) is 1. The zero-order valence-corrected chi connectivity index (χ0v) is 17.8. The second-order valence-electron chi connectivity index (χ2n) is 8.26. The number of amides is 3. The maximum absolute atomic E-state index is 12.4. The first-order valence-electron chi connectivity index (χ1n) is 10.4. The van der Waals surface area contributed by atoms with Gasteiger partial charge in [-0.1, -0.05) is 6.42 Å². The quantitative estimate of drug-likeness (QED) is 0.192. The number of ether oxygens (including phenoxy) is 1. The predicted octanol–water partition coefficient (Wildman–Crippen LogP) is -1.14. The van der Waals surface area contributed by atoms with Crippen LogP contribution in [0.4, 0.5) is 4.79 Å². The Morgan fingerprint density at radius 1 is 1.23 bits per heavy atom. The lowest BCUT2D eigenvalue weighted by Crippen LogP contribution is -2.60. The van der Waals surface area contributed by atoms with Crippen LogP contribution < -0.4 is 16.0 Å². The molecule has 0 aromatic carbocycles. The van der Waals surface area contributed by atoms with Crippen LogP contribution in [0.1, 0.15) is 39.0 Å². The lowest BCUT2D eigenvalue weighted by atomic mass is 9.86. The number of ketones is 1. The molecule has 8 atom stereocenters. The van der Waals surface area contributed by atoms with Gasteiger partial charge in [0.15, 0.2) is 0 Å². The summed E-state index contributed by atoms with van der Waals surface area (Å²) in [5.74, 6) is -0.362. The van der Waals surface area contributed by atoms with Gasteiger partial charge in [0.2, 0.25) is 5.91 Å². The van der Waals surface area contributed by atoms with Gasteiger partial charge in [-0.3, -0.25) is 4.79 Å². The number of carbonyl (C=O) groups excluding carboxylic acids is 3. The SMILES string of the molecule is CC(=O)C[C@@H]1[C@H](NC(=O)CCCC[C@@H]2SC[C@@H]3NC(=O)N[C@@H]32)O[C@@H](CO)C(O)[C@@H]1O. The van der Waals surface area contributed by atoms with Crippen LogP contribution in [-0.4, -0.2) is 87.3 Å². The van der Waals surface area contributed by atoms with Crippen molar-refractivity contribution < 1.29 is 34.4 Å². The van der Waals surface area contributed by atoms with E-state index in [1.165, 1.54) is 6.92 Å². The standard InChI is InChI=1S/C19H31N3O7S/c1-9(24)6-10-16(26)17(27)12(7-23)29-18(10)21-14(25)5-3-2-4-13-15-11(8-30-13)20-19(28)22-15/h10-13,15-18,23,26-27H,2-8H2,1H3,(H,21,25)(H2,20,22,28)/t10-,11-,12-,13-,15-,16+,17?,18+/m0/s1. The molecule has 3 amide bonds. The Balaban J connectivity index is 1.44. The van der Waals surface area contributed by atoms with E-state index in [9.17, 15) is 29.7 Å². The molecule has 10 nitrogen and oxygen atoms in total. The number of hydrogen-bond donors (Lipinski definition) is 6. The summed E-state index contributed by atoms with van der Waals surface area (Å²) in [7, 11) is 0. The summed E-state index contributed by atoms with van der Waals surface area (Å²) in [5, 5.41) is 38.6. The Bertz CT molecular complexity index is 652. The molecule has 3 aliphatic rings. The summed E-state index contributed by atoms with van der Waals surface area (Å²) in [6, 6.07) is 0.206. The molecule has 170 valence electrons. The number of rotatable bonds is 9. The van der Waals surface area contributed by atoms with Crippen molar-refractivity contribution in [2.75, 3.05) is 12.4 Å². The zero-order chi connectivity index (χ0) is 21.8. The van der Waals surface area contributed by atoms with Gasteiger partial charge in [-0.2, -0.15) is 11.8 Å². The van der Waals surface area contributed by atoms with E-state index in [2.05, 4.69) is 16.0 Å².